The number of imide groups is 4. The monoisotopic (exact) mass is 1440 g/mol. The zero-order chi connectivity index (χ0) is 69.1. The lowest BCUT2D eigenvalue weighted by Gasteiger charge is -2.33. The molecular formula is C77H42Br2F3N5O12. The Morgan fingerprint density at radius 1 is 0.364 bits per heavy atom. The van der Waals surface area contributed by atoms with Gasteiger partial charge in [-0.2, -0.15) is 13.2 Å². The second kappa shape index (κ2) is 23.8. The molecule has 0 saturated heterocycles. The lowest BCUT2D eigenvalue weighted by Crippen LogP contribution is -2.40. The maximum atomic E-state index is 15.3. The minimum Gasteiger partial charge on any atom is -0.457 e. The lowest BCUT2D eigenvalue weighted by molar-refractivity contribution is -0.385. The second-order valence-electron chi connectivity index (χ2n) is 23.5. The summed E-state index contributed by atoms with van der Waals surface area (Å²) in [6.45, 7) is 1.06. The highest BCUT2D eigenvalue weighted by Gasteiger charge is 2.54. The molecule has 482 valence electrons. The van der Waals surface area contributed by atoms with Gasteiger partial charge in [0.2, 0.25) is 0 Å². The van der Waals surface area contributed by atoms with Crippen LogP contribution in [0.5, 0.6) is 23.0 Å². The molecule has 1 unspecified atom stereocenters. The molecule has 11 aromatic carbocycles. The largest absolute Gasteiger partial charge is 0.457 e. The predicted molar refractivity (Wildman–Crippen MR) is 367 cm³/mol. The van der Waals surface area contributed by atoms with Crippen molar-refractivity contribution < 1.29 is 65.9 Å². The molecule has 0 aromatic heterocycles. The van der Waals surface area contributed by atoms with E-state index in [0.29, 0.717) is 33.5 Å². The Morgan fingerprint density at radius 2 is 0.737 bits per heavy atom. The summed E-state index contributed by atoms with van der Waals surface area (Å²) < 4.78 is 58.3. The molecule has 99 heavy (non-hydrogen) atoms. The number of rotatable bonds is 14. The van der Waals surface area contributed by atoms with Crippen LogP contribution in [0.4, 0.5) is 41.6 Å². The summed E-state index contributed by atoms with van der Waals surface area (Å²) >= 11 is 6.51. The quantitative estimate of drug-likeness (QED) is 0.0565. The van der Waals surface area contributed by atoms with Crippen LogP contribution in [0.1, 0.15) is 101 Å². The van der Waals surface area contributed by atoms with Crippen LogP contribution in [0, 0.1) is 10.1 Å². The van der Waals surface area contributed by atoms with E-state index in [1.165, 1.54) is 140 Å². The van der Waals surface area contributed by atoms with Gasteiger partial charge in [-0.15, -0.1) is 0 Å². The zero-order valence-corrected chi connectivity index (χ0v) is 54.2. The molecule has 0 aliphatic carbocycles. The number of carbonyl (C=O) groups is 8. The topological polar surface area (TPSA) is 211 Å². The van der Waals surface area contributed by atoms with Gasteiger partial charge in [0.25, 0.3) is 52.9 Å². The fourth-order valence-corrected chi connectivity index (χ4v) is 14.5. The smallest absolute Gasteiger partial charge is 0.402 e. The average Bonchev–Trinajstić information content (AvgIpc) is 1.48. The lowest BCUT2D eigenvalue weighted by atomic mass is 9.75. The SMILES string of the molecule is CC(c1ccc(Oc2ccc(N3C(=O)c4ccc(-c5cccc6c5C(=O)N(c5ccccc5-c5ccccc5)C6=O)cc4C3=O)cc2)cc1)(c1ccc(Oc2ccc(N3C(=O)c4cccc(-c5ccc6c(c5)C(=O)N(c5c(Br)cc([N+](=O)[O-])cc5Br)C6=O)c4C3=O)cc2)cc1)C(F)(F)F. The first kappa shape index (κ1) is 62.8. The molecule has 15 rings (SSSR count). The molecular weight excluding hydrogens is 1400 g/mol. The third-order valence-electron chi connectivity index (χ3n) is 18.0. The molecule has 4 aliphatic heterocycles. The molecule has 22 heteroatoms. The molecule has 8 amide bonds. The van der Waals surface area contributed by atoms with E-state index < -0.39 is 63.8 Å². The number of para-hydroxylation sites is 1. The Labute approximate surface area is 575 Å². The van der Waals surface area contributed by atoms with Crippen molar-refractivity contribution in [3.63, 3.8) is 0 Å². The number of fused-ring (bicyclic) bond motifs is 4. The van der Waals surface area contributed by atoms with Crippen molar-refractivity contribution in [2.45, 2.75) is 18.5 Å². The van der Waals surface area contributed by atoms with Gasteiger partial charge in [-0.25, -0.2) is 19.6 Å². The van der Waals surface area contributed by atoms with Gasteiger partial charge in [0.15, 0.2) is 0 Å². The van der Waals surface area contributed by atoms with Crippen molar-refractivity contribution in [2.24, 2.45) is 0 Å². The normalized spacial score (nSPS) is 14.6. The Bertz CT molecular complexity index is 5380. The van der Waals surface area contributed by atoms with Crippen LogP contribution in [0.15, 0.2) is 246 Å². The first-order valence-electron chi connectivity index (χ1n) is 30.3. The maximum absolute atomic E-state index is 15.3. The molecule has 1 atom stereocenters. The summed E-state index contributed by atoms with van der Waals surface area (Å²) in [7, 11) is 0. The number of nitro benzene ring substituents is 1. The highest BCUT2D eigenvalue weighted by atomic mass is 79.9. The molecule has 17 nitrogen and oxygen atoms in total. The third kappa shape index (κ3) is 10.3. The molecule has 0 N–H and O–H groups in total. The van der Waals surface area contributed by atoms with E-state index in [1.807, 2.05) is 42.5 Å². The van der Waals surface area contributed by atoms with Gasteiger partial charge in [-0.05, 0) is 193 Å². The van der Waals surface area contributed by atoms with E-state index in [0.717, 1.165) is 32.1 Å². The summed E-state index contributed by atoms with van der Waals surface area (Å²) in [6, 6.07) is 60.2. The molecule has 0 bridgehead atoms. The summed E-state index contributed by atoms with van der Waals surface area (Å²) in [5.74, 6) is -4.13. The molecule has 0 spiro atoms. The Kier molecular flexibility index (Phi) is 15.1. The van der Waals surface area contributed by atoms with Crippen LogP contribution in [-0.2, 0) is 5.41 Å². The van der Waals surface area contributed by atoms with Gasteiger partial charge in [0.05, 0.1) is 72.2 Å². The standard InChI is InChI=1S/C77H42Br2F3N5O12/c1-76(77(80,81)82,45-21-29-50(30-22-45)99-52-33-25-47(26-34-52)84-70(90)58-14-7-12-54(65(58)74(84)94)43-18-36-57-61(38-43)73(93)86(69(57)89)67-62(78)39-48(87(96)97)40-63(67)79)44-19-27-49(28-20-44)98-51-31-23-46(24-32-51)83-68(88)56-35-17-42(37-60(56)72(83)92)55-13-8-15-59-66(55)75(95)85(71(59)91)64-16-6-5-11-53(64)41-9-3-2-4-10-41/h2-40H,1H3. The van der Waals surface area contributed by atoms with Crippen LogP contribution in [0.3, 0.4) is 0 Å². The number of non-ortho nitro benzene ring substituents is 1. The van der Waals surface area contributed by atoms with E-state index >= 15 is 13.2 Å². The number of nitro groups is 1. The van der Waals surface area contributed by atoms with Gasteiger partial charge in [-0.3, -0.25) is 48.5 Å². The fourth-order valence-electron chi connectivity index (χ4n) is 13.0. The van der Waals surface area contributed by atoms with E-state index in [1.54, 1.807) is 54.6 Å². The Morgan fingerprint density at radius 3 is 1.21 bits per heavy atom. The first-order chi connectivity index (χ1) is 47.6. The highest BCUT2D eigenvalue weighted by molar-refractivity contribution is 9.11. The van der Waals surface area contributed by atoms with Gasteiger partial charge in [0, 0.05) is 26.6 Å². The van der Waals surface area contributed by atoms with Crippen LogP contribution in [-0.4, -0.2) is 58.4 Å². The number of ether oxygens (including phenoxy) is 2. The number of hydrogen-bond acceptors (Lipinski definition) is 12. The van der Waals surface area contributed by atoms with E-state index in [2.05, 4.69) is 31.9 Å². The van der Waals surface area contributed by atoms with Crippen LogP contribution in [0.25, 0.3) is 33.4 Å². The molecule has 4 aliphatic rings. The van der Waals surface area contributed by atoms with Crippen LogP contribution < -0.4 is 29.1 Å². The van der Waals surface area contributed by atoms with Gasteiger partial charge >= 0.3 is 6.18 Å². The van der Waals surface area contributed by atoms with Crippen molar-refractivity contribution in [2.75, 3.05) is 19.6 Å². The molecule has 0 fully saturated rings. The molecule has 0 saturated carbocycles. The number of hydrogen-bond donors (Lipinski definition) is 0. The average molecular weight is 1450 g/mol. The fraction of sp³-hybridized carbons (Fsp3) is 0.0390. The van der Waals surface area contributed by atoms with Crippen LogP contribution >= 0.6 is 31.9 Å². The van der Waals surface area contributed by atoms with Gasteiger partial charge < -0.3 is 9.47 Å². The van der Waals surface area contributed by atoms with Gasteiger partial charge in [0.1, 0.15) is 28.4 Å². The molecule has 4 heterocycles. The van der Waals surface area contributed by atoms with Crippen molar-refractivity contribution >= 4 is 108 Å². The Balaban J connectivity index is 0.597. The number of benzene rings is 11. The van der Waals surface area contributed by atoms with Crippen molar-refractivity contribution in [1.29, 1.82) is 0 Å². The summed E-state index contributed by atoms with van der Waals surface area (Å²) in [5, 5.41) is 11.5. The maximum Gasteiger partial charge on any atom is 0.402 e. The van der Waals surface area contributed by atoms with Crippen molar-refractivity contribution in [3.05, 3.63) is 311 Å². The van der Waals surface area contributed by atoms with Crippen molar-refractivity contribution in [3.8, 4) is 56.4 Å². The minimum atomic E-state index is -4.80. The Hall–Kier alpha value is -12.3. The molecule has 11 aromatic rings. The van der Waals surface area contributed by atoms with E-state index in [4.69, 9.17) is 9.47 Å². The predicted octanol–water partition coefficient (Wildman–Crippen LogP) is 17.8. The number of carbonyl (C=O) groups excluding carboxylic acids is 8. The van der Waals surface area contributed by atoms with E-state index in [9.17, 15) is 48.5 Å². The number of nitrogens with zero attached hydrogens (tertiary/aromatic N) is 5. The van der Waals surface area contributed by atoms with Gasteiger partial charge in [-0.1, -0.05) is 109 Å². The van der Waals surface area contributed by atoms with Crippen molar-refractivity contribution in [1.82, 2.24) is 0 Å². The number of halogens is 5. The minimum absolute atomic E-state index is 0.00174. The van der Waals surface area contributed by atoms with E-state index in [-0.39, 0.29) is 110 Å². The number of alkyl halides is 3. The first-order valence-corrected chi connectivity index (χ1v) is 31.9. The summed E-state index contributed by atoms with van der Waals surface area (Å²) in [5.41, 5.74) is 1.58. The summed E-state index contributed by atoms with van der Waals surface area (Å²) in [4.78, 5) is 127. The summed E-state index contributed by atoms with van der Waals surface area (Å²) in [6.07, 6.45) is -4.80. The van der Waals surface area contributed by atoms with Crippen LogP contribution in [0.2, 0.25) is 0 Å². The third-order valence-corrected chi connectivity index (χ3v) is 19.2. The number of amides is 8. The molecule has 0 radical (unpaired) electrons. The highest BCUT2D eigenvalue weighted by Crippen LogP contribution is 2.49. The zero-order valence-electron chi connectivity index (χ0n) is 51.0. The number of anilines is 4. The second-order valence-corrected chi connectivity index (χ2v) is 25.2.